The van der Waals surface area contributed by atoms with Gasteiger partial charge in [0, 0.05) is 28.8 Å². The molecule has 5 nitrogen and oxygen atoms in total. The van der Waals surface area contributed by atoms with Crippen molar-refractivity contribution < 1.29 is 9.59 Å². The number of carbonyl (C=O) groups excluding carboxylic acids is 2. The lowest BCUT2D eigenvalue weighted by Crippen LogP contribution is -2.43. The first-order valence-corrected chi connectivity index (χ1v) is 8.92. The predicted octanol–water partition coefficient (Wildman–Crippen LogP) is 2.19. The molecule has 7 heteroatoms. The zero-order valence-electron chi connectivity index (χ0n) is 12.2. The maximum atomic E-state index is 12.4. The quantitative estimate of drug-likeness (QED) is 0.880. The molecule has 3 rings (SSSR count). The summed E-state index contributed by atoms with van der Waals surface area (Å²) in [4.78, 5) is 29.3. The zero-order valence-corrected chi connectivity index (χ0v) is 13.8. The Morgan fingerprint density at radius 3 is 3.00 bits per heavy atom. The Kier molecular flexibility index (Phi) is 4.54. The van der Waals surface area contributed by atoms with Gasteiger partial charge in [-0.3, -0.25) is 9.59 Å². The van der Waals surface area contributed by atoms with Crippen LogP contribution in [0.4, 0.5) is 0 Å². The van der Waals surface area contributed by atoms with Crippen LogP contribution in [0.5, 0.6) is 0 Å². The number of hydrogen-bond donors (Lipinski definition) is 2. The molecule has 1 aliphatic rings. The molecule has 0 radical (unpaired) electrons. The average molecular weight is 335 g/mol. The first-order chi connectivity index (χ1) is 10.6. The lowest BCUT2D eigenvalue weighted by atomic mass is 10.1. The minimum atomic E-state index is -0.417. The van der Waals surface area contributed by atoms with Gasteiger partial charge in [-0.25, -0.2) is 4.98 Å². The van der Waals surface area contributed by atoms with E-state index in [-0.39, 0.29) is 17.9 Å². The molecule has 1 fully saturated rings. The minimum absolute atomic E-state index is 0.0555. The summed E-state index contributed by atoms with van der Waals surface area (Å²) in [7, 11) is 0. The van der Waals surface area contributed by atoms with Crippen molar-refractivity contribution in [2.24, 2.45) is 0 Å². The molecule has 3 heterocycles. The highest BCUT2D eigenvalue weighted by molar-refractivity contribution is 7.10. The second-order valence-electron chi connectivity index (χ2n) is 5.33. The summed E-state index contributed by atoms with van der Waals surface area (Å²) in [5.41, 5.74) is 0.958. The Balaban J connectivity index is 1.73. The molecule has 0 aliphatic carbocycles. The van der Waals surface area contributed by atoms with Crippen molar-refractivity contribution in [1.82, 2.24) is 15.6 Å². The van der Waals surface area contributed by atoms with E-state index in [0.717, 1.165) is 17.1 Å². The maximum absolute atomic E-state index is 12.4. The number of thiazole rings is 1. The lowest BCUT2D eigenvalue weighted by molar-refractivity contribution is -0.126. The van der Waals surface area contributed by atoms with Gasteiger partial charge in [-0.2, -0.15) is 0 Å². The first-order valence-electron chi connectivity index (χ1n) is 7.16. The monoisotopic (exact) mass is 335 g/mol. The smallest absolute Gasteiger partial charge is 0.243 e. The molecule has 0 bridgehead atoms. The van der Waals surface area contributed by atoms with Gasteiger partial charge in [0.15, 0.2) is 0 Å². The zero-order chi connectivity index (χ0) is 15.5. The SMILES string of the molecule is Cc1csc(C(Cc2cccs2)NC(=O)C2CCC(=O)N2)n1. The van der Waals surface area contributed by atoms with Gasteiger partial charge in [0.1, 0.15) is 11.0 Å². The third kappa shape index (κ3) is 3.53. The molecule has 2 amide bonds. The molecule has 0 spiro atoms. The van der Waals surface area contributed by atoms with Crippen LogP contribution < -0.4 is 10.6 Å². The van der Waals surface area contributed by atoms with E-state index in [1.165, 1.54) is 4.88 Å². The number of nitrogens with zero attached hydrogens (tertiary/aromatic N) is 1. The minimum Gasteiger partial charge on any atom is -0.345 e. The largest absolute Gasteiger partial charge is 0.345 e. The van der Waals surface area contributed by atoms with Gasteiger partial charge in [-0.15, -0.1) is 22.7 Å². The molecule has 0 aromatic carbocycles. The van der Waals surface area contributed by atoms with Crippen LogP contribution in [0.1, 0.15) is 34.5 Å². The van der Waals surface area contributed by atoms with Crippen molar-refractivity contribution >= 4 is 34.5 Å². The molecule has 2 atom stereocenters. The van der Waals surface area contributed by atoms with Crippen molar-refractivity contribution in [1.29, 1.82) is 0 Å². The fourth-order valence-corrected chi connectivity index (χ4v) is 4.04. The van der Waals surface area contributed by atoms with E-state index >= 15 is 0 Å². The lowest BCUT2D eigenvalue weighted by Gasteiger charge is -2.18. The molecule has 2 aromatic heterocycles. The molecule has 2 aromatic rings. The van der Waals surface area contributed by atoms with E-state index in [4.69, 9.17) is 0 Å². The summed E-state index contributed by atoms with van der Waals surface area (Å²) in [6, 6.07) is 3.49. The second kappa shape index (κ2) is 6.58. The van der Waals surface area contributed by atoms with E-state index in [2.05, 4.69) is 21.7 Å². The molecule has 2 N–H and O–H groups in total. The molecule has 116 valence electrons. The van der Waals surface area contributed by atoms with Gasteiger partial charge in [0.05, 0.1) is 6.04 Å². The number of hydrogen-bond acceptors (Lipinski definition) is 5. The van der Waals surface area contributed by atoms with Crippen LogP contribution in [0, 0.1) is 6.92 Å². The highest BCUT2D eigenvalue weighted by Crippen LogP contribution is 2.24. The molecule has 0 saturated carbocycles. The van der Waals surface area contributed by atoms with Crippen LogP contribution >= 0.6 is 22.7 Å². The van der Waals surface area contributed by atoms with Gasteiger partial charge < -0.3 is 10.6 Å². The van der Waals surface area contributed by atoms with E-state index in [1.54, 1.807) is 22.7 Å². The van der Waals surface area contributed by atoms with Gasteiger partial charge in [0.2, 0.25) is 11.8 Å². The number of aromatic nitrogens is 1. The van der Waals surface area contributed by atoms with Crippen molar-refractivity contribution in [2.45, 2.75) is 38.3 Å². The maximum Gasteiger partial charge on any atom is 0.243 e. The molecular formula is C15H17N3O2S2. The standard InChI is InChI=1S/C15H17N3O2S2/c1-9-8-22-15(16-9)12(7-10-3-2-6-21-10)18-14(20)11-4-5-13(19)17-11/h2-3,6,8,11-12H,4-5,7H2,1H3,(H,17,19)(H,18,20). The van der Waals surface area contributed by atoms with Crippen molar-refractivity contribution in [3.63, 3.8) is 0 Å². The third-order valence-corrected chi connectivity index (χ3v) is 5.52. The summed E-state index contributed by atoms with van der Waals surface area (Å²) in [6.45, 7) is 1.95. The Labute approximate surface area is 136 Å². The summed E-state index contributed by atoms with van der Waals surface area (Å²) in [6.07, 6.45) is 1.70. The van der Waals surface area contributed by atoms with Gasteiger partial charge in [-0.05, 0) is 24.8 Å². The predicted molar refractivity (Wildman–Crippen MR) is 86.9 cm³/mol. The molecule has 1 saturated heterocycles. The fourth-order valence-electron chi connectivity index (χ4n) is 2.45. The highest BCUT2D eigenvalue weighted by atomic mass is 32.1. The molecule has 1 aliphatic heterocycles. The van der Waals surface area contributed by atoms with Crippen molar-refractivity contribution in [3.05, 3.63) is 38.5 Å². The van der Waals surface area contributed by atoms with E-state index < -0.39 is 6.04 Å². The van der Waals surface area contributed by atoms with E-state index in [9.17, 15) is 9.59 Å². The first kappa shape index (κ1) is 15.2. The molecule has 2 unspecified atom stereocenters. The number of thiophene rings is 1. The molecular weight excluding hydrogens is 318 g/mol. The third-order valence-electron chi connectivity index (χ3n) is 3.55. The Bertz CT molecular complexity index is 666. The normalized spacial score (nSPS) is 19.0. The fraction of sp³-hybridized carbons (Fsp3) is 0.400. The van der Waals surface area contributed by atoms with Crippen LogP contribution in [-0.2, 0) is 16.0 Å². The number of amides is 2. The van der Waals surface area contributed by atoms with Crippen LogP contribution in [0.15, 0.2) is 22.9 Å². The summed E-state index contributed by atoms with van der Waals surface area (Å²) in [5.74, 6) is -0.180. The Hall–Kier alpha value is -1.73. The second-order valence-corrected chi connectivity index (χ2v) is 7.25. The van der Waals surface area contributed by atoms with Gasteiger partial charge >= 0.3 is 0 Å². The van der Waals surface area contributed by atoms with E-state index in [1.807, 2.05) is 23.8 Å². The highest BCUT2D eigenvalue weighted by Gasteiger charge is 2.29. The van der Waals surface area contributed by atoms with Gasteiger partial charge in [-0.1, -0.05) is 6.07 Å². The van der Waals surface area contributed by atoms with Crippen molar-refractivity contribution in [2.75, 3.05) is 0 Å². The number of nitrogens with one attached hydrogen (secondary N) is 2. The number of aryl methyl sites for hydroxylation is 1. The van der Waals surface area contributed by atoms with Crippen LogP contribution in [0.3, 0.4) is 0 Å². The van der Waals surface area contributed by atoms with Gasteiger partial charge in [0.25, 0.3) is 0 Å². The van der Waals surface area contributed by atoms with E-state index in [0.29, 0.717) is 12.8 Å². The topological polar surface area (TPSA) is 71.1 Å². The average Bonchev–Trinajstić information content (AvgIpc) is 3.20. The summed E-state index contributed by atoms with van der Waals surface area (Å²) in [5, 5.41) is 10.7. The van der Waals surface area contributed by atoms with Crippen LogP contribution in [0.2, 0.25) is 0 Å². The summed E-state index contributed by atoms with van der Waals surface area (Å²) >= 11 is 3.22. The number of rotatable bonds is 5. The van der Waals surface area contributed by atoms with Crippen molar-refractivity contribution in [3.8, 4) is 0 Å². The summed E-state index contributed by atoms with van der Waals surface area (Å²) < 4.78 is 0. The number of carbonyl (C=O) groups is 2. The van der Waals surface area contributed by atoms with Crippen LogP contribution in [-0.4, -0.2) is 22.8 Å². The molecule has 22 heavy (non-hydrogen) atoms. The Morgan fingerprint density at radius 2 is 2.41 bits per heavy atom. The van der Waals surface area contributed by atoms with Crippen LogP contribution in [0.25, 0.3) is 0 Å². The Morgan fingerprint density at radius 1 is 1.55 bits per heavy atom.